The average molecular weight is 417 g/mol. The maximum Gasteiger partial charge on any atom is 0.258 e. The van der Waals surface area contributed by atoms with Crippen molar-refractivity contribution in [3.05, 3.63) is 88.2 Å². The van der Waals surface area contributed by atoms with Crippen LogP contribution in [0.5, 0.6) is 0 Å². The van der Waals surface area contributed by atoms with Crippen LogP contribution in [0.15, 0.2) is 70.0 Å². The van der Waals surface area contributed by atoms with Crippen molar-refractivity contribution in [2.45, 2.75) is 26.4 Å². The van der Waals surface area contributed by atoms with Crippen molar-refractivity contribution in [2.24, 2.45) is 0 Å². The number of aromatic nitrogens is 3. The number of likely N-dealkylation sites (N-methyl/N-ethyl adjacent to an activating group) is 1. The van der Waals surface area contributed by atoms with Gasteiger partial charge in [0.05, 0.1) is 17.4 Å². The van der Waals surface area contributed by atoms with Gasteiger partial charge in [0, 0.05) is 6.07 Å². The molecule has 0 aliphatic carbocycles. The lowest BCUT2D eigenvalue weighted by atomic mass is 10.0. The van der Waals surface area contributed by atoms with E-state index in [9.17, 15) is 9.59 Å². The van der Waals surface area contributed by atoms with Crippen molar-refractivity contribution in [2.75, 3.05) is 11.9 Å². The smallest absolute Gasteiger partial charge is 0.258 e. The van der Waals surface area contributed by atoms with Crippen LogP contribution in [-0.2, 0) is 11.3 Å². The Morgan fingerprint density at radius 2 is 1.90 bits per heavy atom. The third-order valence-electron chi connectivity index (χ3n) is 5.03. The molecule has 1 unspecified atom stereocenters. The Kier molecular flexibility index (Phi) is 5.90. The molecule has 0 fully saturated rings. The fourth-order valence-corrected chi connectivity index (χ4v) is 3.57. The Hall–Kier alpha value is -3.78. The molecule has 0 aliphatic rings. The molecule has 1 atom stereocenters. The summed E-state index contributed by atoms with van der Waals surface area (Å²) >= 11 is 0. The molecule has 0 spiro atoms. The number of nitrogens with zero attached hydrogens (tertiary/aromatic N) is 3. The molecule has 0 radical (unpaired) electrons. The summed E-state index contributed by atoms with van der Waals surface area (Å²) in [6, 6.07) is 17.7. The monoisotopic (exact) mass is 417 g/mol. The van der Waals surface area contributed by atoms with Gasteiger partial charge in [-0.3, -0.25) is 14.5 Å². The van der Waals surface area contributed by atoms with Crippen molar-refractivity contribution in [3.63, 3.8) is 0 Å². The first-order valence-corrected chi connectivity index (χ1v) is 10.1. The van der Waals surface area contributed by atoms with Crippen LogP contribution >= 0.6 is 0 Å². The molecule has 2 heterocycles. The predicted octanol–water partition coefficient (Wildman–Crippen LogP) is 3.42. The maximum absolute atomic E-state index is 13.3. The van der Waals surface area contributed by atoms with Gasteiger partial charge in [0.1, 0.15) is 17.6 Å². The number of hydrogen-bond acceptors (Lipinski definition) is 6. The number of H-pyrrole nitrogens is 1. The summed E-state index contributed by atoms with van der Waals surface area (Å²) in [4.78, 5) is 35.1. The van der Waals surface area contributed by atoms with Gasteiger partial charge in [-0.2, -0.15) is 0 Å². The van der Waals surface area contributed by atoms with E-state index in [2.05, 4.69) is 20.4 Å². The molecule has 4 rings (SSSR count). The standard InChI is InChI=1S/C23H23N5O3/c1-3-28(14-20-24-18-12-8-7-11-17(18)22(29)26-20)21(16-9-5-4-6-10-16)23(30)25-19-13-15(2)31-27-19/h4-13,21H,3,14H2,1-2H3,(H,24,26,29)(H,25,27,30). The summed E-state index contributed by atoms with van der Waals surface area (Å²) in [5.41, 5.74) is 1.25. The van der Waals surface area contributed by atoms with Gasteiger partial charge in [-0.25, -0.2) is 4.98 Å². The lowest BCUT2D eigenvalue weighted by molar-refractivity contribution is -0.121. The SMILES string of the molecule is CCN(Cc1nc2ccccc2c(=O)[nH]1)C(C(=O)Nc1cc(C)on1)c1ccccc1. The van der Waals surface area contributed by atoms with Gasteiger partial charge < -0.3 is 14.8 Å². The zero-order chi connectivity index (χ0) is 21.8. The van der Waals surface area contributed by atoms with Crippen LogP contribution in [0.3, 0.4) is 0 Å². The fraction of sp³-hybridized carbons (Fsp3) is 0.217. The second-order valence-corrected chi connectivity index (χ2v) is 7.22. The number of benzene rings is 2. The number of nitrogens with one attached hydrogen (secondary N) is 2. The van der Waals surface area contributed by atoms with E-state index < -0.39 is 6.04 Å². The molecule has 0 saturated carbocycles. The summed E-state index contributed by atoms with van der Waals surface area (Å²) in [6.45, 7) is 4.57. The van der Waals surface area contributed by atoms with Crippen LogP contribution in [0.1, 0.15) is 30.1 Å². The van der Waals surface area contributed by atoms with Gasteiger partial charge in [-0.05, 0) is 31.2 Å². The van der Waals surface area contributed by atoms with Crippen LogP contribution in [0.25, 0.3) is 10.9 Å². The molecule has 1 amide bonds. The minimum absolute atomic E-state index is 0.199. The van der Waals surface area contributed by atoms with Crippen LogP contribution in [0.4, 0.5) is 5.82 Å². The molecule has 8 nitrogen and oxygen atoms in total. The van der Waals surface area contributed by atoms with Crippen LogP contribution in [0, 0.1) is 6.92 Å². The molecule has 8 heteroatoms. The number of aryl methyl sites for hydroxylation is 1. The summed E-state index contributed by atoms with van der Waals surface area (Å²) in [6.07, 6.45) is 0. The molecule has 2 aromatic heterocycles. The Morgan fingerprint density at radius 1 is 1.16 bits per heavy atom. The summed E-state index contributed by atoms with van der Waals surface area (Å²) < 4.78 is 5.06. The van der Waals surface area contributed by atoms with E-state index in [1.807, 2.05) is 48.2 Å². The van der Waals surface area contributed by atoms with Crippen molar-refractivity contribution >= 4 is 22.6 Å². The molecule has 31 heavy (non-hydrogen) atoms. The highest BCUT2D eigenvalue weighted by atomic mass is 16.5. The predicted molar refractivity (Wildman–Crippen MR) is 118 cm³/mol. The zero-order valence-corrected chi connectivity index (χ0v) is 17.3. The van der Waals surface area contributed by atoms with Gasteiger partial charge in [0.25, 0.3) is 5.56 Å². The normalized spacial score (nSPS) is 12.2. The Labute approximate surface area is 178 Å². The summed E-state index contributed by atoms with van der Waals surface area (Å²) in [5, 5.41) is 7.22. The maximum atomic E-state index is 13.3. The molecule has 158 valence electrons. The Morgan fingerprint density at radius 3 is 2.61 bits per heavy atom. The first-order chi connectivity index (χ1) is 15.0. The summed E-state index contributed by atoms with van der Waals surface area (Å²) in [7, 11) is 0. The lowest BCUT2D eigenvalue weighted by Crippen LogP contribution is -2.37. The van der Waals surface area contributed by atoms with E-state index in [1.54, 1.807) is 31.2 Å². The molecule has 2 aromatic carbocycles. The minimum atomic E-state index is -0.611. The highest BCUT2D eigenvalue weighted by molar-refractivity contribution is 5.94. The largest absolute Gasteiger partial charge is 0.360 e. The number of para-hydroxylation sites is 1. The van der Waals surface area contributed by atoms with Gasteiger partial charge in [0.2, 0.25) is 5.91 Å². The second kappa shape index (κ2) is 8.93. The van der Waals surface area contributed by atoms with Crippen molar-refractivity contribution in [1.82, 2.24) is 20.0 Å². The van der Waals surface area contributed by atoms with Crippen molar-refractivity contribution in [3.8, 4) is 0 Å². The number of hydrogen-bond donors (Lipinski definition) is 2. The Balaban J connectivity index is 1.67. The zero-order valence-electron chi connectivity index (χ0n) is 17.3. The van der Waals surface area contributed by atoms with Gasteiger partial charge in [-0.1, -0.05) is 54.5 Å². The molecule has 0 saturated heterocycles. The fourth-order valence-electron chi connectivity index (χ4n) is 3.57. The second-order valence-electron chi connectivity index (χ2n) is 7.22. The van der Waals surface area contributed by atoms with Gasteiger partial charge in [-0.15, -0.1) is 0 Å². The number of rotatable bonds is 7. The number of fused-ring (bicyclic) bond motifs is 1. The van der Waals surface area contributed by atoms with Gasteiger partial charge >= 0.3 is 0 Å². The molecular weight excluding hydrogens is 394 g/mol. The molecular formula is C23H23N5O3. The third kappa shape index (κ3) is 4.54. The highest BCUT2D eigenvalue weighted by Gasteiger charge is 2.28. The summed E-state index contributed by atoms with van der Waals surface area (Å²) in [5.74, 6) is 1.22. The first-order valence-electron chi connectivity index (χ1n) is 10.1. The molecule has 0 aliphatic heterocycles. The minimum Gasteiger partial charge on any atom is -0.360 e. The number of carbonyl (C=O) groups is 1. The Bertz CT molecular complexity index is 1250. The number of amides is 1. The molecule has 0 bridgehead atoms. The van der Waals surface area contributed by atoms with Gasteiger partial charge in [0.15, 0.2) is 5.82 Å². The van der Waals surface area contributed by atoms with Crippen molar-refractivity contribution in [1.29, 1.82) is 0 Å². The van der Waals surface area contributed by atoms with Crippen LogP contribution in [-0.4, -0.2) is 32.5 Å². The highest BCUT2D eigenvalue weighted by Crippen LogP contribution is 2.24. The van der Waals surface area contributed by atoms with Crippen LogP contribution < -0.4 is 10.9 Å². The number of anilines is 1. The van der Waals surface area contributed by atoms with E-state index in [0.29, 0.717) is 41.4 Å². The first kappa shape index (κ1) is 20.5. The average Bonchev–Trinajstić information content (AvgIpc) is 3.18. The number of carbonyl (C=O) groups excluding carboxylic acids is 1. The third-order valence-corrected chi connectivity index (χ3v) is 5.03. The topological polar surface area (TPSA) is 104 Å². The molecule has 2 N–H and O–H groups in total. The van der Waals surface area contributed by atoms with E-state index in [0.717, 1.165) is 5.56 Å². The molecule has 4 aromatic rings. The van der Waals surface area contributed by atoms with Crippen LogP contribution in [0.2, 0.25) is 0 Å². The van der Waals surface area contributed by atoms with E-state index >= 15 is 0 Å². The van der Waals surface area contributed by atoms with E-state index in [1.165, 1.54) is 0 Å². The van der Waals surface area contributed by atoms with Crippen molar-refractivity contribution < 1.29 is 9.32 Å². The number of aromatic amines is 1. The van der Waals surface area contributed by atoms with E-state index in [4.69, 9.17) is 4.52 Å². The lowest BCUT2D eigenvalue weighted by Gasteiger charge is -2.29. The van der Waals surface area contributed by atoms with E-state index in [-0.39, 0.29) is 11.5 Å². The quantitative estimate of drug-likeness (QED) is 0.477.